The third-order valence-electron chi connectivity index (χ3n) is 2.11. The lowest BCUT2D eigenvalue weighted by Gasteiger charge is -2.04. The topological polar surface area (TPSA) is 50.8 Å². The molecule has 0 saturated carbocycles. The third-order valence-corrected chi connectivity index (χ3v) is 2.28. The first kappa shape index (κ1) is 9.98. The first-order valence-electron chi connectivity index (χ1n) is 4.43. The summed E-state index contributed by atoms with van der Waals surface area (Å²) in [5.74, 6) is 1.44. The van der Waals surface area contributed by atoms with E-state index in [1.807, 2.05) is 25.1 Å². The molecule has 0 saturated heterocycles. The summed E-state index contributed by atoms with van der Waals surface area (Å²) in [6, 6.07) is 5.73. The highest BCUT2D eigenvalue weighted by Crippen LogP contribution is 2.24. The van der Waals surface area contributed by atoms with E-state index in [2.05, 4.69) is 15.2 Å². The van der Waals surface area contributed by atoms with Crippen molar-refractivity contribution in [1.82, 2.24) is 15.2 Å². The predicted molar refractivity (Wildman–Crippen MR) is 58.1 cm³/mol. The zero-order chi connectivity index (χ0) is 10.8. The standard InChI is InChI=1S/C10H10ClN3O/c1-6-5-7(3-4-8(6)15-2)9-12-10(11)14-13-9/h3-5H,1-2H3,(H,12,13,14). The highest BCUT2D eigenvalue weighted by Gasteiger charge is 2.06. The second-order valence-corrected chi connectivity index (χ2v) is 3.49. The molecule has 4 nitrogen and oxygen atoms in total. The van der Waals surface area contributed by atoms with Gasteiger partial charge in [-0.25, -0.2) is 5.10 Å². The van der Waals surface area contributed by atoms with Crippen LogP contribution in [0.4, 0.5) is 0 Å². The van der Waals surface area contributed by atoms with E-state index >= 15 is 0 Å². The summed E-state index contributed by atoms with van der Waals surface area (Å²) in [5, 5.41) is 6.85. The molecule has 2 aromatic rings. The number of hydrogen-bond acceptors (Lipinski definition) is 3. The van der Waals surface area contributed by atoms with Gasteiger partial charge in [-0.15, -0.1) is 0 Å². The fourth-order valence-corrected chi connectivity index (χ4v) is 1.51. The van der Waals surface area contributed by atoms with Crippen molar-refractivity contribution in [3.05, 3.63) is 29.0 Å². The largest absolute Gasteiger partial charge is 0.496 e. The van der Waals surface area contributed by atoms with Crippen LogP contribution in [0.15, 0.2) is 18.2 Å². The van der Waals surface area contributed by atoms with Crippen molar-refractivity contribution in [2.45, 2.75) is 6.92 Å². The highest BCUT2D eigenvalue weighted by atomic mass is 35.5. The lowest BCUT2D eigenvalue weighted by molar-refractivity contribution is 0.412. The third kappa shape index (κ3) is 1.94. The van der Waals surface area contributed by atoms with Crippen LogP contribution >= 0.6 is 11.6 Å². The van der Waals surface area contributed by atoms with Gasteiger partial charge in [0.1, 0.15) is 5.75 Å². The maximum absolute atomic E-state index is 5.65. The number of aromatic amines is 1. The van der Waals surface area contributed by atoms with Crippen LogP contribution in [0.5, 0.6) is 5.75 Å². The molecule has 15 heavy (non-hydrogen) atoms. The Morgan fingerprint density at radius 3 is 2.73 bits per heavy atom. The second-order valence-electron chi connectivity index (χ2n) is 3.13. The van der Waals surface area contributed by atoms with Gasteiger partial charge in [-0.1, -0.05) is 0 Å². The Bertz CT molecular complexity index is 481. The predicted octanol–water partition coefficient (Wildman–Crippen LogP) is 2.44. The van der Waals surface area contributed by atoms with Crippen molar-refractivity contribution >= 4 is 11.6 Å². The minimum absolute atomic E-state index is 0.290. The van der Waals surface area contributed by atoms with Crippen LogP contribution in [-0.4, -0.2) is 22.3 Å². The second kappa shape index (κ2) is 3.90. The number of H-pyrrole nitrogens is 1. The molecular weight excluding hydrogens is 214 g/mol. The first-order chi connectivity index (χ1) is 7.20. The average molecular weight is 224 g/mol. The van der Waals surface area contributed by atoms with Crippen molar-refractivity contribution in [1.29, 1.82) is 0 Å². The smallest absolute Gasteiger partial charge is 0.218 e. The molecule has 0 unspecified atom stereocenters. The van der Waals surface area contributed by atoms with Gasteiger partial charge in [0.2, 0.25) is 5.28 Å². The molecule has 2 rings (SSSR count). The van der Waals surface area contributed by atoms with E-state index in [4.69, 9.17) is 16.3 Å². The van der Waals surface area contributed by atoms with Gasteiger partial charge in [0.25, 0.3) is 0 Å². The SMILES string of the molecule is COc1ccc(-c2n[nH]c(Cl)n2)cc1C. The molecule has 1 aromatic heterocycles. The summed E-state index contributed by atoms with van der Waals surface area (Å²) in [6.07, 6.45) is 0. The summed E-state index contributed by atoms with van der Waals surface area (Å²) < 4.78 is 5.17. The van der Waals surface area contributed by atoms with Crippen molar-refractivity contribution < 1.29 is 4.74 Å². The van der Waals surface area contributed by atoms with Crippen LogP contribution in [0, 0.1) is 6.92 Å². The Labute approximate surface area is 92.3 Å². The molecule has 0 aliphatic carbocycles. The van der Waals surface area contributed by atoms with Crippen LogP contribution in [0.25, 0.3) is 11.4 Å². The summed E-state index contributed by atoms with van der Waals surface area (Å²) in [5.41, 5.74) is 1.95. The van der Waals surface area contributed by atoms with Crippen LogP contribution in [0.2, 0.25) is 5.28 Å². The fraction of sp³-hybridized carbons (Fsp3) is 0.200. The van der Waals surface area contributed by atoms with E-state index in [9.17, 15) is 0 Å². The Morgan fingerprint density at radius 2 is 2.20 bits per heavy atom. The average Bonchev–Trinajstić information content (AvgIpc) is 2.65. The molecule has 78 valence electrons. The van der Waals surface area contributed by atoms with E-state index in [0.29, 0.717) is 11.1 Å². The quantitative estimate of drug-likeness (QED) is 0.851. The van der Waals surface area contributed by atoms with Gasteiger partial charge in [-0.05, 0) is 42.3 Å². The summed E-state index contributed by atoms with van der Waals surface area (Å²) in [7, 11) is 1.64. The molecule has 0 radical (unpaired) electrons. The molecular formula is C10H10ClN3O. The van der Waals surface area contributed by atoms with Gasteiger partial charge in [0.15, 0.2) is 5.82 Å². The van der Waals surface area contributed by atoms with Crippen LogP contribution < -0.4 is 4.74 Å². The number of hydrogen-bond donors (Lipinski definition) is 1. The van der Waals surface area contributed by atoms with E-state index in [1.165, 1.54) is 0 Å². The van der Waals surface area contributed by atoms with E-state index in [-0.39, 0.29) is 0 Å². The Morgan fingerprint density at radius 1 is 1.40 bits per heavy atom. The normalized spacial score (nSPS) is 10.3. The van der Waals surface area contributed by atoms with Gasteiger partial charge >= 0.3 is 0 Å². The Hall–Kier alpha value is -1.55. The molecule has 0 aliphatic rings. The monoisotopic (exact) mass is 223 g/mol. The van der Waals surface area contributed by atoms with E-state index < -0.39 is 0 Å². The molecule has 0 aliphatic heterocycles. The Balaban J connectivity index is 2.42. The number of halogens is 1. The lowest BCUT2D eigenvalue weighted by Crippen LogP contribution is -1.88. The van der Waals surface area contributed by atoms with Crippen LogP contribution in [-0.2, 0) is 0 Å². The summed E-state index contributed by atoms with van der Waals surface area (Å²) in [6.45, 7) is 1.97. The van der Waals surface area contributed by atoms with Crippen molar-refractivity contribution in [2.24, 2.45) is 0 Å². The molecule has 5 heteroatoms. The minimum Gasteiger partial charge on any atom is -0.496 e. The van der Waals surface area contributed by atoms with Crippen molar-refractivity contribution in [3.8, 4) is 17.1 Å². The zero-order valence-electron chi connectivity index (χ0n) is 8.41. The summed E-state index contributed by atoms with van der Waals surface area (Å²) in [4.78, 5) is 4.04. The molecule has 1 heterocycles. The van der Waals surface area contributed by atoms with Crippen LogP contribution in [0.3, 0.4) is 0 Å². The molecule has 0 amide bonds. The van der Waals surface area contributed by atoms with Gasteiger partial charge in [-0.3, -0.25) is 0 Å². The number of rotatable bonds is 2. The molecule has 1 aromatic carbocycles. The van der Waals surface area contributed by atoms with E-state index in [1.54, 1.807) is 7.11 Å². The Kier molecular flexibility index (Phi) is 2.60. The number of benzene rings is 1. The molecule has 0 bridgehead atoms. The minimum atomic E-state index is 0.290. The number of aromatic nitrogens is 3. The zero-order valence-corrected chi connectivity index (χ0v) is 9.17. The number of nitrogens with zero attached hydrogens (tertiary/aromatic N) is 2. The number of ether oxygens (including phenoxy) is 1. The highest BCUT2D eigenvalue weighted by molar-refractivity contribution is 6.28. The number of aryl methyl sites for hydroxylation is 1. The molecule has 0 atom stereocenters. The van der Waals surface area contributed by atoms with E-state index in [0.717, 1.165) is 16.9 Å². The van der Waals surface area contributed by atoms with Gasteiger partial charge < -0.3 is 4.74 Å². The van der Waals surface area contributed by atoms with Crippen molar-refractivity contribution in [2.75, 3.05) is 7.11 Å². The van der Waals surface area contributed by atoms with Crippen molar-refractivity contribution in [3.63, 3.8) is 0 Å². The molecule has 0 fully saturated rings. The maximum Gasteiger partial charge on any atom is 0.218 e. The maximum atomic E-state index is 5.65. The van der Waals surface area contributed by atoms with Gasteiger partial charge in [0.05, 0.1) is 7.11 Å². The molecule has 1 N–H and O–H groups in total. The van der Waals surface area contributed by atoms with Gasteiger partial charge in [-0.2, -0.15) is 10.1 Å². The number of nitrogens with one attached hydrogen (secondary N) is 1. The fourth-order valence-electron chi connectivity index (χ4n) is 1.39. The van der Waals surface area contributed by atoms with Crippen LogP contribution in [0.1, 0.15) is 5.56 Å². The van der Waals surface area contributed by atoms with Gasteiger partial charge in [0, 0.05) is 5.56 Å². The number of methoxy groups -OCH3 is 1. The summed E-state index contributed by atoms with van der Waals surface area (Å²) >= 11 is 5.65. The first-order valence-corrected chi connectivity index (χ1v) is 4.81. The molecule has 0 spiro atoms. The lowest BCUT2D eigenvalue weighted by atomic mass is 10.1.